The molecular weight excluding hydrogens is 256 g/mol. The van der Waals surface area contributed by atoms with Crippen LogP contribution in [0.4, 0.5) is 0 Å². The Morgan fingerprint density at radius 2 is 1.94 bits per heavy atom. The highest BCUT2D eigenvalue weighted by molar-refractivity contribution is 7.88. The summed E-state index contributed by atoms with van der Waals surface area (Å²) in [5.74, 6) is -0.156. The monoisotopic (exact) mass is 276 g/mol. The first-order valence-corrected chi connectivity index (χ1v) is 8.18. The van der Waals surface area contributed by atoms with Crippen molar-refractivity contribution in [3.8, 4) is 0 Å². The van der Waals surface area contributed by atoms with Gasteiger partial charge in [-0.3, -0.25) is 4.79 Å². The van der Waals surface area contributed by atoms with Gasteiger partial charge >= 0.3 is 0 Å². The fraction of sp³-hybridized carbons (Fsp3) is 0.909. The lowest BCUT2D eigenvalue weighted by Gasteiger charge is -2.34. The molecule has 2 fully saturated rings. The maximum Gasteiger partial charge on any atom is 0.241 e. The molecule has 1 N–H and O–H groups in total. The third kappa shape index (κ3) is 2.84. The lowest BCUT2D eigenvalue weighted by atomic mass is 10.0. The van der Waals surface area contributed by atoms with Crippen LogP contribution in [0.2, 0.25) is 0 Å². The van der Waals surface area contributed by atoms with Gasteiger partial charge in [0.05, 0.1) is 12.4 Å². The van der Waals surface area contributed by atoms with E-state index in [1.807, 2.05) is 0 Å². The molecule has 0 aromatic rings. The van der Waals surface area contributed by atoms with Crippen LogP contribution in [0.15, 0.2) is 0 Å². The molecule has 0 spiro atoms. The summed E-state index contributed by atoms with van der Waals surface area (Å²) in [5, 5.41) is 9.45. The Balaban J connectivity index is 2.11. The molecule has 2 atom stereocenters. The summed E-state index contributed by atoms with van der Waals surface area (Å²) in [6.07, 6.45) is 3.52. The molecule has 2 saturated heterocycles. The summed E-state index contributed by atoms with van der Waals surface area (Å²) in [6, 6.07) is -0.570. The lowest BCUT2D eigenvalue weighted by molar-refractivity contribution is -0.135. The minimum Gasteiger partial charge on any atom is -0.391 e. The van der Waals surface area contributed by atoms with E-state index >= 15 is 0 Å². The molecule has 0 radical (unpaired) electrons. The van der Waals surface area contributed by atoms with Crippen molar-refractivity contribution < 1.29 is 18.3 Å². The number of nitrogens with zero attached hydrogens (tertiary/aromatic N) is 2. The smallest absolute Gasteiger partial charge is 0.241 e. The van der Waals surface area contributed by atoms with Gasteiger partial charge in [-0.05, 0) is 19.3 Å². The molecule has 2 aliphatic heterocycles. The molecule has 2 heterocycles. The number of likely N-dealkylation sites (tertiary alicyclic amines) is 1. The Labute approximate surface area is 108 Å². The molecule has 6 nitrogen and oxygen atoms in total. The summed E-state index contributed by atoms with van der Waals surface area (Å²) in [7, 11) is -3.34. The second-order valence-corrected chi connectivity index (χ2v) is 7.05. The number of aliphatic hydroxyl groups excluding tert-OH is 1. The summed E-state index contributed by atoms with van der Waals surface area (Å²) < 4.78 is 24.7. The van der Waals surface area contributed by atoms with Gasteiger partial charge in [0.1, 0.15) is 6.04 Å². The van der Waals surface area contributed by atoms with Crippen LogP contribution in [0.5, 0.6) is 0 Å². The average Bonchev–Trinajstić information content (AvgIpc) is 2.74. The number of hydrogen-bond acceptors (Lipinski definition) is 4. The van der Waals surface area contributed by atoms with E-state index in [2.05, 4.69) is 0 Å². The van der Waals surface area contributed by atoms with Crippen LogP contribution in [-0.2, 0) is 14.8 Å². The molecule has 0 bridgehead atoms. The standard InChI is InChI=1S/C11H20N2O4S/c1-18(16,17)13-6-3-2-4-10(13)11(15)12-7-5-9(14)8-12/h9-10,14H,2-8H2,1H3/t9-,10?/m0/s1. The highest BCUT2D eigenvalue weighted by atomic mass is 32.2. The topological polar surface area (TPSA) is 77.9 Å². The largest absolute Gasteiger partial charge is 0.391 e. The second kappa shape index (κ2) is 5.14. The van der Waals surface area contributed by atoms with Gasteiger partial charge in [-0.15, -0.1) is 0 Å². The minimum atomic E-state index is -3.34. The summed E-state index contributed by atoms with van der Waals surface area (Å²) in [5.41, 5.74) is 0. The van der Waals surface area contributed by atoms with E-state index in [-0.39, 0.29) is 5.91 Å². The number of amides is 1. The van der Waals surface area contributed by atoms with Crippen LogP contribution >= 0.6 is 0 Å². The lowest BCUT2D eigenvalue weighted by Crippen LogP contribution is -2.52. The van der Waals surface area contributed by atoms with Crippen LogP contribution in [0.1, 0.15) is 25.7 Å². The summed E-state index contributed by atoms with van der Waals surface area (Å²) in [4.78, 5) is 13.9. The van der Waals surface area contributed by atoms with Gasteiger partial charge in [0.15, 0.2) is 0 Å². The highest BCUT2D eigenvalue weighted by Crippen LogP contribution is 2.23. The van der Waals surface area contributed by atoms with Crippen molar-refractivity contribution in [3.63, 3.8) is 0 Å². The van der Waals surface area contributed by atoms with Crippen LogP contribution < -0.4 is 0 Å². The predicted molar refractivity (Wildman–Crippen MR) is 66.4 cm³/mol. The predicted octanol–water partition coefficient (Wildman–Crippen LogP) is -0.606. The zero-order valence-corrected chi connectivity index (χ0v) is 11.4. The van der Waals surface area contributed by atoms with Crippen molar-refractivity contribution in [2.24, 2.45) is 0 Å². The van der Waals surface area contributed by atoms with Crippen molar-refractivity contribution in [2.75, 3.05) is 25.9 Å². The van der Waals surface area contributed by atoms with E-state index in [4.69, 9.17) is 0 Å². The zero-order valence-electron chi connectivity index (χ0n) is 10.6. The number of rotatable bonds is 2. The molecule has 7 heteroatoms. The van der Waals surface area contributed by atoms with Gasteiger partial charge in [-0.1, -0.05) is 6.42 Å². The fourth-order valence-corrected chi connectivity index (χ4v) is 3.82. The third-order valence-electron chi connectivity index (χ3n) is 3.64. The first-order chi connectivity index (χ1) is 8.39. The van der Waals surface area contributed by atoms with Crippen molar-refractivity contribution in [2.45, 2.75) is 37.8 Å². The molecule has 2 rings (SSSR count). The quantitative estimate of drug-likeness (QED) is 0.730. The van der Waals surface area contributed by atoms with E-state index < -0.39 is 22.2 Å². The van der Waals surface area contributed by atoms with Crippen LogP contribution in [0.25, 0.3) is 0 Å². The first-order valence-electron chi connectivity index (χ1n) is 6.33. The van der Waals surface area contributed by atoms with Crippen LogP contribution in [-0.4, -0.2) is 66.7 Å². The molecule has 104 valence electrons. The Morgan fingerprint density at radius 3 is 2.50 bits per heavy atom. The number of β-amino-alcohol motifs (C(OH)–C–C–N with tert-alkyl or cyclic N) is 1. The van der Waals surface area contributed by atoms with Gasteiger partial charge in [-0.25, -0.2) is 8.42 Å². The molecule has 1 unspecified atom stereocenters. The van der Waals surface area contributed by atoms with Crippen LogP contribution in [0.3, 0.4) is 0 Å². The van der Waals surface area contributed by atoms with Crippen molar-refractivity contribution in [1.82, 2.24) is 9.21 Å². The number of carbonyl (C=O) groups is 1. The van der Waals surface area contributed by atoms with E-state index in [0.717, 1.165) is 19.1 Å². The van der Waals surface area contributed by atoms with Crippen molar-refractivity contribution >= 4 is 15.9 Å². The molecule has 18 heavy (non-hydrogen) atoms. The number of carbonyl (C=O) groups excluding carboxylic acids is 1. The first kappa shape index (κ1) is 13.8. The van der Waals surface area contributed by atoms with Crippen molar-refractivity contribution in [3.05, 3.63) is 0 Å². The number of aliphatic hydroxyl groups is 1. The van der Waals surface area contributed by atoms with E-state index in [9.17, 15) is 18.3 Å². The zero-order chi connectivity index (χ0) is 13.3. The summed E-state index contributed by atoms with van der Waals surface area (Å²) in [6.45, 7) is 1.27. The van der Waals surface area contributed by atoms with E-state index in [0.29, 0.717) is 32.5 Å². The molecule has 2 aliphatic rings. The Kier molecular flexibility index (Phi) is 3.93. The van der Waals surface area contributed by atoms with Gasteiger partial charge in [-0.2, -0.15) is 4.31 Å². The fourth-order valence-electron chi connectivity index (χ4n) is 2.70. The van der Waals surface area contributed by atoms with Gasteiger partial charge in [0.25, 0.3) is 0 Å². The molecular formula is C11H20N2O4S. The van der Waals surface area contributed by atoms with Crippen LogP contribution in [0, 0.1) is 0 Å². The molecule has 0 aliphatic carbocycles. The number of hydrogen-bond donors (Lipinski definition) is 1. The van der Waals surface area contributed by atoms with Gasteiger partial charge in [0.2, 0.25) is 15.9 Å². The maximum atomic E-state index is 12.3. The van der Waals surface area contributed by atoms with Gasteiger partial charge in [0, 0.05) is 19.6 Å². The Bertz CT molecular complexity index is 423. The summed E-state index contributed by atoms with van der Waals surface area (Å²) >= 11 is 0. The number of sulfonamides is 1. The van der Waals surface area contributed by atoms with Gasteiger partial charge < -0.3 is 10.0 Å². The molecule has 0 aromatic carbocycles. The average molecular weight is 276 g/mol. The molecule has 0 saturated carbocycles. The minimum absolute atomic E-state index is 0.156. The SMILES string of the molecule is CS(=O)(=O)N1CCCCC1C(=O)N1CC[C@H](O)C1. The Morgan fingerprint density at radius 1 is 1.22 bits per heavy atom. The second-order valence-electron chi connectivity index (χ2n) is 5.11. The van der Waals surface area contributed by atoms with E-state index in [1.165, 1.54) is 4.31 Å². The third-order valence-corrected chi connectivity index (χ3v) is 4.93. The van der Waals surface area contributed by atoms with E-state index in [1.54, 1.807) is 4.90 Å². The maximum absolute atomic E-state index is 12.3. The molecule has 0 aromatic heterocycles. The Hall–Kier alpha value is -0.660. The van der Waals surface area contributed by atoms with Crippen molar-refractivity contribution in [1.29, 1.82) is 0 Å². The molecule has 1 amide bonds. The normalized spacial score (nSPS) is 30.7. The number of piperidine rings is 1. The highest BCUT2D eigenvalue weighted by Gasteiger charge is 2.38.